The van der Waals surface area contributed by atoms with Crippen molar-refractivity contribution in [2.75, 3.05) is 5.32 Å². The van der Waals surface area contributed by atoms with Crippen LogP contribution in [0.2, 0.25) is 5.02 Å². The third-order valence-corrected chi connectivity index (χ3v) is 5.69. The highest BCUT2D eigenvalue weighted by molar-refractivity contribution is 7.18. The third-order valence-electron chi connectivity index (χ3n) is 4.40. The number of anilines is 1. The van der Waals surface area contributed by atoms with Crippen molar-refractivity contribution in [2.45, 2.75) is 13.0 Å². The van der Waals surface area contributed by atoms with E-state index in [2.05, 4.69) is 34.3 Å². The van der Waals surface area contributed by atoms with E-state index in [1.807, 2.05) is 60.9 Å². The molecule has 0 aliphatic carbocycles. The van der Waals surface area contributed by atoms with Crippen molar-refractivity contribution in [3.8, 4) is 21.6 Å². The molecule has 0 saturated carbocycles. The van der Waals surface area contributed by atoms with Crippen molar-refractivity contribution in [3.05, 3.63) is 89.8 Å². The number of thiazole rings is 1. The number of halogens is 1. The Labute approximate surface area is 167 Å². The summed E-state index contributed by atoms with van der Waals surface area (Å²) in [6.45, 7) is 2.14. The minimum Gasteiger partial charge on any atom is -0.355 e. The Morgan fingerprint density at radius 2 is 1.67 bits per heavy atom. The smallest absolute Gasteiger partial charge is 0.183 e. The van der Waals surface area contributed by atoms with Crippen LogP contribution in [0.3, 0.4) is 0 Å². The monoisotopic (exact) mass is 391 g/mol. The molecular weight excluding hydrogens is 374 g/mol. The lowest BCUT2D eigenvalue weighted by Crippen LogP contribution is -2.05. The highest BCUT2D eigenvalue weighted by Crippen LogP contribution is 2.38. The topological polar surface area (TPSA) is 37.8 Å². The van der Waals surface area contributed by atoms with Gasteiger partial charge >= 0.3 is 0 Å². The molecule has 2 heterocycles. The van der Waals surface area contributed by atoms with Gasteiger partial charge in [-0.3, -0.25) is 4.98 Å². The fourth-order valence-corrected chi connectivity index (χ4v) is 4.16. The zero-order valence-electron chi connectivity index (χ0n) is 14.8. The average molecular weight is 392 g/mol. The van der Waals surface area contributed by atoms with Crippen LogP contribution in [-0.4, -0.2) is 9.97 Å². The molecule has 0 saturated heterocycles. The largest absolute Gasteiger partial charge is 0.355 e. The number of hydrogen-bond donors (Lipinski definition) is 1. The molecule has 27 heavy (non-hydrogen) atoms. The van der Waals surface area contributed by atoms with Gasteiger partial charge in [0.05, 0.1) is 10.9 Å². The van der Waals surface area contributed by atoms with E-state index in [9.17, 15) is 0 Å². The van der Waals surface area contributed by atoms with Gasteiger partial charge in [-0.15, -0.1) is 0 Å². The molecule has 1 N–H and O–H groups in total. The summed E-state index contributed by atoms with van der Waals surface area (Å²) in [6.07, 6.45) is 5.56. The Bertz CT molecular complexity index is 1050. The summed E-state index contributed by atoms with van der Waals surface area (Å²) < 4.78 is 0. The van der Waals surface area contributed by atoms with Crippen LogP contribution in [0.1, 0.15) is 18.5 Å². The standard InChI is InChI=1S/C22H18ClN3S/c1-15(16-7-3-2-4-8-16)26-22-25-14-21(27-22)18-11-12-24-13-19(18)17-9-5-6-10-20(17)23/h2-15H,1H3,(H,25,26)/t15-/m0/s1. The highest BCUT2D eigenvalue weighted by Gasteiger charge is 2.14. The Kier molecular flexibility index (Phi) is 5.19. The van der Waals surface area contributed by atoms with Crippen molar-refractivity contribution in [2.24, 2.45) is 0 Å². The molecule has 1 atom stereocenters. The van der Waals surface area contributed by atoms with Gasteiger partial charge in [-0.2, -0.15) is 0 Å². The molecule has 0 aliphatic rings. The SMILES string of the molecule is C[C@H](Nc1ncc(-c2ccncc2-c2ccccc2Cl)s1)c1ccccc1. The maximum absolute atomic E-state index is 6.41. The number of nitrogens with zero attached hydrogens (tertiary/aromatic N) is 2. The van der Waals surface area contributed by atoms with E-state index in [1.165, 1.54) is 5.56 Å². The maximum Gasteiger partial charge on any atom is 0.183 e. The lowest BCUT2D eigenvalue weighted by Gasteiger charge is -2.13. The summed E-state index contributed by atoms with van der Waals surface area (Å²) in [5, 5.41) is 5.09. The summed E-state index contributed by atoms with van der Waals surface area (Å²) >= 11 is 8.04. The van der Waals surface area contributed by atoms with Crippen LogP contribution >= 0.6 is 22.9 Å². The fraction of sp³-hybridized carbons (Fsp3) is 0.0909. The summed E-state index contributed by atoms with van der Waals surface area (Å²) in [6, 6.07) is 20.4. The minimum absolute atomic E-state index is 0.186. The van der Waals surface area contributed by atoms with Crippen LogP contribution < -0.4 is 5.32 Å². The molecule has 3 nitrogen and oxygen atoms in total. The second kappa shape index (κ2) is 7.91. The van der Waals surface area contributed by atoms with Crippen molar-refractivity contribution in [1.29, 1.82) is 0 Å². The molecule has 2 aromatic heterocycles. The second-order valence-electron chi connectivity index (χ2n) is 6.21. The van der Waals surface area contributed by atoms with Gasteiger partial charge in [0, 0.05) is 40.3 Å². The van der Waals surface area contributed by atoms with E-state index in [1.54, 1.807) is 17.5 Å². The maximum atomic E-state index is 6.41. The van der Waals surface area contributed by atoms with Gasteiger partial charge < -0.3 is 5.32 Å². The summed E-state index contributed by atoms with van der Waals surface area (Å²) in [5.74, 6) is 0. The van der Waals surface area contributed by atoms with Crippen molar-refractivity contribution in [3.63, 3.8) is 0 Å². The van der Waals surface area contributed by atoms with E-state index in [-0.39, 0.29) is 6.04 Å². The summed E-state index contributed by atoms with van der Waals surface area (Å²) in [7, 11) is 0. The molecule has 4 aromatic rings. The predicted molar refractivity (Wildman–Crippen MR) is 114 cm³/mol. The zero-order chi connectivity index (χ0) is 18.6. The van der Waals surface area contributed by atoms with Crippen LogP contribution in [-0.2, 0) is 0 Å². The molecule has 0 spiro atoms. The predicted octanol–water partition coefficient (Wildman–Crippen LogP) is 6.70. The van der Waals surface area contributed by atoms with E-state index >= 15 is 0 Å². The fourth-order valence-electron chi connectivity index (χ4n) is 2.98. The van der Waals surface area contributed by atoms with Crippen molar-refractivity contribution >= 4 is 28.1 Å². The first kappa shape index (κ1) is 17.7. The van der Waals surface area contributed by atoms with Crippen molar-refractivity contribution < 1.29 is 0 Å². The summed E-state index contributed by atoms with van der Waals surface area (Å²) in [5.41, 5.74) is 4.29. The number of nitrogens with one attached hydrogen (secondary N) is 1. The number of benzene rings is 2. The van der Waals surface area contributed by atoms with E-state index in [0.29, 0.717) is 5.02 Å². The van der Waals surface area contributed by atoms with E-state index in [4.69, 9.17) is 11.6 Å². The average Bonchev–Trinajstić information content (AvgIpc) is 3.17. The number of rotatable bonds is 5. The van der Waals surface area contributed by atoms with Gasteiger partial charge in [0.2, 0.25) is 0 Å². The number of pyridine rings is 1. The minimum atomic E-state index is 0.186. The zero-order valence-corrected chi connectivity index (χ0v) is 16.3. The normalized spacial score (nSPS) is 11.9. The molecule has 0 aliphatic heterocycles. The Hall–Kier alpha value is -2.69. The van der Waals surface area contributed by atoms with Crippen LogP contribution in [0.5, 0.6) is 0 Å². The Morgan fingerprint density at radius 1 is 0.889 bits per heavy atom. The second-order valence-corrected chi connectivity index (χ2v) is 7.65. The first-order chi connectivity index (χ1) is 13.2. The molecule has 0 fully saturated rings. The number of hydrogen-bond acceptors (Lipinski definition) is 4. The van der Waals surface area contributed by atoms with Gasteiger partial charge in [-0.05, 0) is 24.6 Å². The van der Waals surface area contributed by atoms with Gasteiger partial charge in [0.1, 0.15) is 0 Å². The molecule has 0 radical (unpaired) electrons. The van der Waals surface area contributed by atoms with E-state index in [0.717, 1.165) is 26.7 Å². The third kappa shape index (κ3) is 3.87. The molecule has 4 rings (SSSR count). The Balaban J connectivity index is 1.64. The van der Waals surface area contributed by atoms with Gasteiger partial charge in [-0.1, -0.05) is 71.5 Å². The molecule has 0 amide bonds. The Morgan fingerprint density at radius 3 is 2.48 bits per heavy atom. The van der Waals surface area contributed by atoms with Gasteiger partial charge in [0.25, 0.3) is 0 Å². The van der Waals surface area contributed by atoms with Crippen LogP contribution in [0.25, 0.3) is 21.6 Å². The quantitative estimate of drug-likeness (QED) is 0.411. The van der Waals surface area contributed by atoms with Gasteiger partial charge in [-0.25, -0.2) is 4.98 Å². The highest BCUT2D eigenvalue weighted by atomic mass is 35.5. The molecule has 5 heteroatoms. The molecule has 0 bridgehead atoms. The molecular formula is C22H18ClN3S. The summed E-state index contributed by atoms with van der Waals surface area (Å²) in [4.78, 5) is 9.94. The van der Waals surface area contributed by atoms with Crippen LogP contribution in [0, 0.1) is 0 Å². The van der Waals surface area contributed by atoms with Gasteiger partial charge in [0.15, 0.2) is 5.13 Å². The first-order valence-electron chi connectivity index (χ1n) is 8.69. The van der Waals surface area contributed by atoms with Crippen LogP contribution in [0.15, 0.2) is 79.3 Å². The first-order valence-corrected chi connectivity index (χ1v) is 9.88. The lowest BCUT2D eigenvalue weighted by atomic mass is 10.0. The van der Waals surface area contributed by atoms with E-state index < -0.39 is 0 Å². The lowest BCUT2D eigenvalue weighted by molar-refractivity contribution is 0.882. The molecule has 134 valence electrons. The molecule has 2 aromatic carbocycles. The van der Waals surface area contributed by atoms with Crippen LogP contribution in [0.4, 0.5) is 5.13 Å². The van der Waals surface area contributed by atoms with Crippen molar-refractivity contribution in [1.82, 2.24) is 9.97 Å². The number of aromatic nitrogens is 2. The molecule has 0 unspecified atom stereocenters.